The molecule has 0 aliphatic heterocycles. The number of aryl methyl sites for hydroxylation is 2. The molecule has 1 saturated carbocycles. The van der Waals surface area contributed by atoms with Gasteiger partial charge in [-0.1, -0.05) is 31.2 Å². The molecule has 1 fully saturated rings. The molecule has 2 aromatic heterocycles. The first kappa shape index (κ1) is 23.0. The second-order valence-corrected chi connectivity index (χ2v) is 8.98. The number of hydrogen-bond acceptors (Lipinski definition) is 6. The van der Waals surface area contributed by atoms with Crippen LogP contribution in [0.15, 0.2) is 36.4 Å². The molecule has 8 nitrogen and oxygen atoms in total. The molecule has 1 aromatic carbocycles. The van der Waals surface area contributed by atoms with Crippen LogP contribution in [-0.2, 0) is 19.5 Å². The third kappa shape index (κ3) is 6.01. The Morgan fingerprint density at radius 1 is 1.12 bits per heavy atom. The van der Waals surface area contributed by atoms with E-state index in [1.807, 2.05) is 25.1 Å². The Morgan fingerprint density at radius 2 is 1.88 bits per heavy atom. The highest BCUT2D eigenvalue weighted by Crippen LogP contribution is 2.29. The monoisotopic (exact) mass is 448 g/mol. The number of aromatic nitrogens is 5. The van der Waals surface area contributed by atoms with Crippen molar-refractivity contribution in [2.45, 2.75) is 59.0 Å². The Kier molecular flexibility index (Phi) is 7.44. The van der Waals surface area contributed by atoms with Crippen molar-refractivity contribution in [3.8, 4) is 11.4 Å². The van der Waals surface area contributed by atoms with Crippen molar-refractivity contribution in [3.63, 3.8) is 0 Å². The number of benzene rings is 1. The first-order valence-corrected chi connectivity index (χ1v) is 11.8. The smallest absolute Gasteiger partial charge is 0.270 e. The fraction of sp³-hybridized carbons (Fsp3) is 0.480. The quantitative estimate of drug-likeness (QED) is 0.548. The van der Waals surface area contributed by atoms with Gasteiger partial charge in [-0.3, -0.25) is 4.79 Å². The Labute approximate surface area is 194 Å². The number of tetrazole rings is 1. The number of rotatable bonds is 8. The second kappa shape index (κ2) is 10.7. The van der Waals surface area contributed by atoms with Crippen LogP contribution in [0.3, 0.4) is 0 Å². The molecule has 0 radical (unpaired) electrons. The predicted molar refractivity (Wildman–Crippen MR) is 125 cm³/mol. The molecule has 3 aromatic rings. The van der Waals surface area contributed by atoms with Crippen molar-refractivity contribution in [2.24, 2.45) is 11.8 Å². The summed E-state index contributed by atoms with van der Waals surface area (Å²) in [6.45, 7) is 5.42. The van der Waals surface area contributed by atoms with Crippen LogP contribution in [0, 0.1) is 18.8 Å². The van der Waals surface area contributed by atoms with Gasteiger partial charge in [0.25, 0.3) is 5.91 Å². The maximum Gasteiger partial charge on any atom is 0.270 e. The lowest BCUT2D eigenvalue weighted by molar-refractivity contribution is 0.0945. The first-order valence-electron chi connectivity index (χ1n) is 11.8. The molecule has 0 atom stereocenters. The molecule has 1 amide bonds. The number of aliphatic hydroxyl groups excluding tert-OH is 1. The summed E-state index contributed by atoms with van der Waals surface area (Å²) >= 11 is 0. The zero-order valence-corrected chi connectivity index (χ0v) is 19.4. The van der Waals surface area contributed by atoms with Crippen molar-refractivity contribution >= 4 is 5.91 Å². The molecular formula is C25H32N6O2. The topological polar surface area (TPSA) is 106 Å². The minimum atomic E-state index is -0.227. The highest BCUT2D eigenvalue weighted by molar-refractivity contribution is 5.93. The first-order chi connectivity index (χ1) is 16.0. The van der Waals surface area contributed by atoms with Gasteiger partial charge in [0.2, 0.25) is 5.82 Å². The molecule has 0 unspecified atom stereocenters. The Morgan fingerprint density at radius 3 is 2.64 bits per heavy atom. The SMILES string of the molecule is CCc1cccc(CNC(=O)c2cc(-c3nnn(CC4CCC(CO)CC4)n3)cc(C)n2)c1. The van der Waals surface area contributed by atoms with Crippen molar-refractivity contribution in [2.75, 3.05) is 6.61 Å². The zero-order chi connectivity index (χ0) is 23.2. The van der Waals surface area contributed by atoms with Crippen LogP contribution in [-0.4, -0.2) is 42.8 Å². The van der Waals surface area contributed by atoms with E-state index in [4.69, 9.17) is 0 Å². The summed E-state index contributed by atoms with van der Waals surface area (Å²) in [6, 6.07) is 11.8. The fourth-order valence-corrected chi connectivity index (χ4v) is 4.41. The highest BCUT2D eigenvalue weighted by Gasteiger charge is 2.22. The number of carbonyl (C=O) groups is 1. The molecule has 2 N–H and O–H groups in total. The van der Waals surface area contributed by atoms with Gasteiger partial charge in [-0.25, -0.2) is 4.98 Å². The van der Waals surface area contributed by atoms with E-state index in [-0.39, 0.29) is 12.5 Å². The molecule has 1 aliphatic rings. The van der Waals surface area contributed by atoms with Gasteiger partial charge in [-0.15, -0.1) is 10.2 Å². The summed E-state index contributed by atoms with van der Waals surface area (Å²) in [5.41, 5.74) is 4.11. The van der Waals surface area contributed by atoms with E-state index >= 15 is 0 Å². The van der Waals surface area contributed by atoms with Gasteiger partial charge in [0.1, 0.15) is 5.69 Å². The van der Waals surface area contributed by atoms with Gasteiger partial charge in [-0.05, 0) is 79.3 Å². The van der Waals surface area contributed by atoms with Gasteiger partial charge in [0.05, 0.1) is 6.54 Å². The molecule has 2 heterocycles. The average Bonchev–Trinajstić information content (AvgIpc) is 3.31. The molecule has 174 valence electrons. The molecule has 4 rings (SSSR count). The van der Waals surface area contributed by atoms with E-state index < -0.39 is 0 Å². The minimum Gasteiger partial charge on any atom is -0.396 e. The maximum absolute atomic E-state index is 12.8. The fourth-order valence-electron chi connectivity index (χ4n) is 4.41. The Balaban J connectivity index is 1.41. The molecular weight excluding hydrogens is 416 g/mol. The van der Waals surface area contributed by atoms with Crippen LogP contribution in [0.25, 0.3) is 11.4 Å². The largest absolute Gasteiger partial charge is 0.396 e. The maximum atomic E-state index is 12.8. The number of aliphatic hydroxyl groups is 1. The number of nitrogens with one attached hydrogen (secondary N) is 1. The zero-order valence-electron chi connectivity index (χ0n) is 19.4. The lowest BCUT2D eigenvalue weighted by atomic mass is 9.82. The predicted octanol–water partition coefficient (Wildman–Crippen LogP) is 3.33. The molecule has 8 heteroatoms. The van der Waals surface area contributed by atoms with E-state index in [9.17, 15) is 9.90 Å². The average molecular weight is 449 g/mol. The normalized spacial score (nSPS) is 18.3. The van der Waals surface area contributed by atoms with Crippen LogP contribution in [0.4, 0.5) is 0 Å². The molecule has 0 saturated heterocycles. The van der Waals surface area contributed by atoms with Crippen LogP contribution in [0.5, 0.6) is 0 Å². The number of nitrogens with zero attached hydrogens (tertiary/aromatic N) is 5. The molecule has 33 heavy (non-hydrogen) atoms. The van der Waals surface area contributed by atoms with Crippen LogP contribution >= 0.6 is 0 Å². The Hall–Kier alpha value is -3.13. The van der Waals surface area contributed by atoms with E-state index in [1.54, 1.807) is 10.9 Å². The van der Waals surface area contributed by atoms with Gasteiger partial charge in [0, 0.05) is 24.4 Å². The van der Waals surface area contributed by atoms with Crippen molar-refractivity contribution in [1.29, 1.82) is 0 Å². The van der Waals surface area contributed by atoms with Gasteiger partial charge in [0.15, 0.2) is 0 Å². The lowest BCUT2D eigenvalue weighted by Gasteiger charge is -2.26. The summed E-state index contributed by atoms with van der Waals surface area (Å²) < 4.78 is 0. The summed E-state index contributed by atoms with van der Waals surface area (Å²) in [7, 11) is 0. The highest BCUT2D eigenvalue weighted by atomic mass is 16.3. The number of hydrogen-bond donors (Lipinski definition) is 2. The van der Waals surface area contributed by atoms with E-state index in [1.165, 1.54) is 5.56 Å². The van der Waals surface area contributed by atoms with Crippen molar-refractivity contribution in [3.05, 3.63) is 58.9 Å². The van der Waals surface area contributed by atoms with Crippen LogP contribution in [0.2, 0.25) is 0 Å². The third-order valence-corrected chi connectivity index (χ3v) is 6.40. The number of pyridine rings is 1. The minimum absolute atomic E-state index is 0.227. The summed E-state index contributed by atoms with van der Waals surface area (Å²) in [5, 5.41) is 25.3. The molecule has 1 aliphatic carbocycles. The summed E-state index contributed by atoms with van der Waals surface area (Å²) in [5.74, 6) is 1.20. The van der Waals surface area contributed by atoms with E-state index in [0.717, 1.165) is 55.5 Å². The van der Waals surface area contributed by atoms with Gasteiger partial charge < -0.3 is 10.4 Å². The lowest BCUT2D eigenvalue weighted by Crippen LogP contribution is -2.24. The van der Waals surface area contributed by atoms with Crippen LogP contribution in [0.1, 0.15) is 59.9 Å². The number of carbonyl (C=O) groups excluding carboxylic acids is 1. The number of amides is 1. The summed E-state index contributed by atoms with van der Waals surface area (Å²) in [6.07, 6.45) is 5.20. The molecule has 0 bridgehead atoms. The standard InChI is InChI=1S/C25H32N6O2/c1-3-18-5-4-6-21(12-18)14-26-25(33)23-13-22(11-17(2)27-23)24-28-30-31(29-24)15-19-7-9-20(16-32)10-8-19/h4-6,11-13,19-20,32H,3,7-10,14-16H2,1-2H3,(H,26,33). The second-order valence-electron chi connectivity index (χ2n) is 8.98. The van der Waals surface area contributed by atoms with E-state index in [0.29, 0.717) is 29.9 Å². The Bertz CT molecular complexity index is 1090. The summed E-state index contributed by atoms with van der Waals surface area (Å²) in [4.78, 5) is 18.8. The van der Waals surface area contributed by atoms with Crippen molar-refractivity contribution < 1.29 is 9.90 Å². The van der Waals surface area contributed by atoms with Gasteiger partial charge >= 0.3 is 0 Å². The molecule has 0 spiro atoms. The van der Waals surface area contributed by atoms with Gasteiger partial charge in [-0.2, -0.15) is 4.80 Å². The van der Waals surface area contributed by atoms with E-state index in [2.05, 4.69) is 44.8 Å². The third-order valence-electron chi connectivity index (χ3n) is 6.40. The van der Waals surface area contributed by atoms with Crippen molar-refractivity contribution in [1.82, 2.24) is 30.5 Å². The van der Waals surface area contributed by atoms with Crippen LogP contribution < -0.4 is 5.32 Å².